The number of benzene rings is 1. The Kier molecular flexibility index (Phi) is 3.53. The molecule has 1 aliphatic carbocycles. The Hall–Kier alpha value is -3.06. The summed E-state index contributed by atoms with van der Waals surface area (Å²) in [6.07, 6.45) is 6.96. The minimum Gasteiger partial charge on any atom is -0.473 e. The van der Waals surface area contributed by atoms with Gasteiger partial charge in [0.1, 0.15) is 23.8 Å². The van der Waals surface area contributed by atoms with Gasteiger partial charge in [-0.3, -0.25) is 4.98 Å². The van der Waals surface area contributed by atoms with Gasteiger partial charge >= 0.3 is 0 Å². The molecule has 0 saturated heterocycles. The van der Waals surface area contributed by atoms with Gasteiger partial charge in [0, 0.05) is 29.8 Å². The van der Waals surface area contributed by atoms with Gasteiger partial charge in [-0.05, 0) is 18.2 Å². The quantitative estimate of drug-likeness (QED) is 0.591. The number of fused-ring (bicyclic) bond motifs is 2. The molecule has 7 nitrogen and oxygen atoms in total. The highest BCUT2D eigenvalue weighted by molar-refractivity contribution is 5.95. The smallest absolute Gasteiger partial charge is 0.243 e. The van der Waals surface area contributed by atoms with E-state index in [0.29, 0.717) is 29.3 Å². The molecule has 7 heteroatoms. The summed E-state index contributed by atoms with van der Waals surface area (Å²) in [5, 5.41) is 11.8. The van der Waals surface area contributed by atoms with Crippen molar-refractivity contribution >= 4 is 21.9 Å². The van der Waals surface area contributed by atoms with E-state index in [0.717, 1.165) is 29.2 Å². The van der Waals surface area contributed by atoms with Gasteiger partial charge in [-0.15, -0.1) is 0 Å². The lowest BCUT2D eigenvalue weighted by Gasteiger charge is -2.12. The average Bonchev–Trinajstić information content (AvgIpc) is 3.28. The molecule has 3 aromatic heterocycles. The summed E-state index contributed by atoms with van der Waals surface area (Å²) in [4.78, 5) is 20.7. The van der Waals surface area contributed by atoms with E-state index in [1.54, 1.807) is 6.20 Å². The zero-order valence-electron chi connectivity index (χ0n) is 14.0. The number of hydrogen-bond donors (Lipinski definition) is 2. The predicted octanol–water partition coefficient (Wildman–Crippen LogP) is 2.86. The normalized spacial score (nSPS) is 20.0. The number of hydrogen-bond acceptors (Lipinski definition) is 6. The molecule has 5 rings (SSSR count). The minimum absolute atomic E-state index is 0.0333. The number of aromatic amines is 1. The van der Waals surface area contributed by atoms with E-state index in [-0.39, 0.29) is 12.2 Å². The minimum atomic E-state index is -0.295. The highest BCUT2D eigenvalue weighted by atomic mass is 16.5. The molecule has 26 heavy (non-hydrogen) atoms. The molecule has 2 N–H and O–H groups in total. The van der Waals surface area contributed by atoms with Gasteiger partial charge in [-0.1, -0.05) is 24.3 Å². The Morgan fingerprint density at radius 1 is 1.12 bits per heavy atom. The molecule has 1 saturated carbocycles. The largest absolute Gasteiger partial charge is 0.473 e. The Labute approximate surface area is 149 Å². The van der Waals surface area contributed by atoms with Crippen LogP contribution in [0.1, 0.15) is 19.3 Å². The fraction of sp³-hybridized carbons (Fsp3) is 0.263. The van der Waals surface area contributed by atoms with Crippen LogP contribution in [0.25, 0.3) is 33.3 Å². The summed E-state index contributed by atoms with van der Waals surface area (Å²) in [6.45, 7) is 0. The molecule has 0 spiro atoms. The summed E-state index contributed by atoms with van der Waals surface area (Å²) < 4.78 is 6.00. The predicted molar refractivity (Wildman–Crippen MR) is 96.7 cm³/mol. The van der Waals surface area contributed by atoms with Gasteiger partial charge < -0.3 is 14.8 Å². The van der Waals surface area contributed by atoms with Crippen LogP contribution >= 0.6 is 0 Å². The second kappa shape index (κ2) is 6.03. The molecular formula is C19H17N5O2. The molecule has 0 radical (unpaired) electrons. The molecule has 0 amide bonds. The Morgan fingerprint density at radius 2 is 2.04 bits per heavy atom. The summed E-state index contributed by atoms with van der Waals surface area (Å²) in [6, 6.07) is 8.05. The van der Waals surface area contributed by atoms with Gasteiger partial charge in [-0.2, -0.15) is 4.98 Å². The van der Waals surface area contributed by atoms with Crippen molar-refractivity contribution in [3.05, 3.63) is 43.0 Å². The molecular weight excluding hydrogens is 330 g/mol. The number of H-pyrrole nitrogens is 1. The molecule has 1 fully saturated rings. The van der Waals surface area contributed by atoms with Crippen molar-refractivity contribution in [2.24, 2.45) is 0 Å². The van der Waals surface area contributed by atoms with E-state index >= 15 is 0 Å². The SMILES string of the molecule is O[C@H]1CC[C@@H](Oc2ncnc3nc(-c4cncc5ccccc45)[nH]c23)C1. The number of ether oxygens (including phenoxy) is 1. The lowest BCUT2D eigenvalue weighted by atomic mass is 10.1. The lowest BCUT2D eigenvalue weighted by Crippen LogP contribution is -2.14. The molecule has 0 aliphatic heterocycles. The van der Waals surface area contributed by atoms with Crippen LogP contribution in [0.2, 0.25) is 0 Å². The van der Waals surface area contributed by atoms with Crippen molar-refractivity contribution < 1.29 is 9.84 Å². The van der Waals surface area contributed by atoms with Crippen molar-refractivity contribution in [1.82, 2.24) is 24.9 Å². The van der Waals surface area contributed by atoms with Gasteiger partial charge in [0.2, 0.25) is 5.88 Å². The van der Waals surface area contributed by atoms with E-state index in [2.05, 4.69) is 24.9 Å². The maximum absolute atomic E-state index is 9.70. The standard InChI is InChI=1S/C19H17N5O2/c25-12-5-6-13(7-12)26-19-16-18(21-10-22-19)24-17(23-16)15-9-20-8-11-3-1-2-4-14(11)15/h1-4,8-10,12-13,25H,5-7H2,(H,21,22,23,24)/t12-,13+/m0/s1. The van der Waals surface area contributed by atoms with Crippen LogP contribution in [0.15, 0.2) is 43.0 Å². The number of nitrogens with one attached hydrogen (secondary N) is 1. The fourth-order valence-electron chi connectivity index (χ4n) is 3.51. The highest BCUT2D eigenvalue weighted by Crippen LogP contribution is 2.30. The molecule has 3 heterocycles. The third kappa shape index (κ3) is 2.57. The van der Waals surface area contributed by atoms with E-state index in [9.17, 15) is 5.11 Å². The summed E-state index contributed by atoms with van der Waals surface area (Å²) in [7, 11) is 0. The van der Waals surface area contributed by atoms with Crippen LogP contribution in [-0.4, -0.2) is 42.2 Å². The van der Waals surface area contributed by atoms with E-state index in [1.807, 2.05) is 30.5 Å². The second-order valence-electron chi connectivity index (χ2n) is 6.58. The summed E-state index contributed by atoms with van der Waals surface area (Å²) >= 11 is 0. The van der Waals surface area contributed by atoms with Crippen LogP contribution in [0.4, 0.5) is 0 Å². The van der Waals surface area contributed by atoms with Crippen LogP contribution in [0.3, 0.4) is 0 Å². The van der Waals surface area contributed by atoms with Gasteiger partial charge in [0.25, 0.3) is 0 Å². The number of aliphatic hydroxyl groups excluding tert-OH is 1. The zero-order chi connectivity index (χ0) is 17.5. The molecule has 130 valence electrons. The number of nitrogens with zero attached hydrogens (tertiary/aromatic N) is 4. The number of aromatic nitrogens is 5. The fourth-order valence-corrected chi connectivity index (χ4v) is 3.51. The van der Waals surface area contributed by atoms with Gasteiger partial charge in [0.15, 0.2) is 5.65 Å². The van der Waals surface area contributed by atoms with Crippen LogP contribution in [0, 0.1) is 0 Å². The first kappa shape index (κ1) is 15.2. The molecule has 1 aromatic carbocycles. The van der Waals surface area contributed by atoms with Gasteiger partial charge in [0.05, 0.1) is 6.10 Å². The maximum Gasteiger partial charge on any atom is 0.243 e. The number of imidazole rings is 1. The van der Waals surface area contributed by atoms with Crippen molar-refractivity contribution in [3.63, 3.8) is 0 Å². The molecule has 0 unspecified atom stereocenters. The Morgan fingerprint density at radius 3 is 2.92 bits per heavy atom. The van der Waals surface area contributed by atoms with Crippen molar-refractivity contribution in [2.45, 2.75) is 31.5 Å². The van der Waals surface area contributed by atoms with E-state index in [4.69, 9.17) is 4.74 Å². The highest BCUT2D eigenvalue weighted by Gasteiger charge is 2.26. The second-order valence-corrected chi connectivity index (χ2v) is 6.58. The molecule has 4 aromatic rings. The number of aliphatic hydroxyl groups is 1. The zero-order valence-corrected chi connectivity index (χ0v) is 14.0. The van der Waals surface area contributed by atoms with Crippen molar-refractivity contribution in [2.75, 3.05) is 0 Å². The maximum atomic E-state index is 9.70. The first-order valence-electron chi connectivity index (χ1n) is 8.66. The monoisotopic (exact) mass is 347 g/mol. The molecule has 1 aliphatic rings. The Bertz CT molecular complexity index is 1090. The first-order chi connectivity index (χ1) is 12.8. The van der Waals surface area contributed by atoms with E-state index < -0.39 is 0 Å². The first-order valence-corrected chi connectivity index (χ1v) is 8.66. The molecule has 2 atom stereocenters. The third-order valence-corrected chi connectivity index (χ3v) is 4.81. The molecule has 0 bridgehead atoms. The van der Waals surface area contributed by atoms with Crippen LogP contribution in [-0.2, 0) is 0 Å². The topological polar surface area (TPSA) is 96.8 Å². The van der Waals surface area contributed by atoms with Crippen LogP contribution < -0.4 is 4.74 Å². The van der Waals surface area contributed by atoms with Crippen molar-refractivity contribution in [3.8, 4) is 17.3 Å². The summed E-state index contributed by atoms with van der Waals surface area (Å²) in [5.41, 5.74) is 2.12. The number of pyridine rings is 1. The number of rotatable bonds is 3. The average molecular weight is 347 g/mol. The van der Waals surface area contributed by atoms with Crippen molar-refractivity contribution in [1.29, 1.82) is 0 Å². The lowest BCUT2D eigenvalue weighted by molar-refractivity contribution is 0.148. The van der Waals surface area contributed by atoms with Crippen LogP contribution in [0.5, 0.6) is 5.88 Å². The van der Waals surface area contributed by atoms with E-state index in [1.165, 1.54) is 6.33 Å². The third-order valence-electron chi connectivity index (χ3n) is 4.81. The summed E-state index contributed by atoms with van der Waals surface area (Å²) in [5.74, 6) is 1.15. The Balaban J connectivity index is 1.58. The van der Waals surface area contributed by atoms with Gasteiger partial charge in [-0.25, -0.2) is 9.97 Å².